The Bertz CT molecular complexity index is 829. The van der Waals surface area contributed by atoms with E-state index in [0.29, 0.717) is 12.0 Å². The van der Waals surface area contributed by atoms with Gasteiger partial charge < -0.3 is 4.90 Å². The molecule has 2 N–H and O–H groups in total. The molecule has 0 aromatic heterocycles. The summed E-state index contributed by atoms with van der Waals surface area (Å²) < 4.78 is 0. The van der Waals surface area contributed by atoms with Crippen molar-refractivity contribution in [3.63, 3.8) is 0 Å². The fraction of sp³-hybridized carbons (Fsp3) is 0.286. The summed E-state index contributed by atoms with van der Waals surface area (Å²) in [7, 11) is 0. The predicted molar refractivity (Wildman–Crippen MR) is 103 cm³/mol. The van der Waals surface area contributed by atoms with Gasteiger partial charge in [0.05, 0.1) is 6.42 Å². The molecule has 6 heteroatoms. The van der Waals surface area contributed by atoms with Crippen molar-refractivity contribution < 1.29 is 14.4 Å². The second-order valence-corrected chi connectivity index (χ2v) is 6.54. The Balaban J connectivity index is 1.50. The molecule has 1 saturated heterocycles. The highest BCUT2D eigenvalue weighted by atomic mass is 16.2. The summed E-state index contributed by atoms with van der Waals surface area (Å²) in [6.45, 7) is 2.79. The Kier molecular flexibility index (Phi) is 5.86. The zero-order valence-corrected chi connectivity index (χ0v) is 15.3. The van der Waals surface area contributed by atoms with Gasteiger partial charge in [-0.15, -0.1) is 0 Å². The molecule has 1 heterocycles. The van der Waals surface area contributed by atoms with Crippen LogP contribution in [0.2, 0.25) is 0 Å². The topological polar surface area (TPSA) is 78.5 Å². The van der Waals surface area contributed by atoms with E-state index in [2.05, 4.69) is 10.9 Å². The number of benzene rings is 2. The van der Waals surface area contributed by atoms with Gasteiger partial charge in [-0.05, 0) is 48.2 Å². The zero-order chi connectivity index (χ0) is 19.2. The molecule has 0 radical (unpaired) electrons. The van der Waals surface area contributed by atoms with Crippen LogP contribution in [0.25, 0.3) is 0 Å². The van der Waals surface area contributed by atoms with Crippen LogP contribution in [0, 0.1) is 0 Å². The van der Waals surface area contributed by atoms with Crippen molar-refractivity contribution in [2.75, 3.05) is 11.4 Å². The van der Waals surface area contributed by atoms with Gasteiger partial charge in [-0.1, -0.05) is 31.2 Å². The number of hydrazine groups is 1. The largest absolute Gasteiger partial charge is 0.312 e. The summed E-state index contributed by atoms with van der Waals surface area (Å²) in [5, 5.41) is 0. The normalized spacial score (nSPS) is 13.5. The molecule has 2 aromatic rings. The monoisotopic (exact) mass is 365 g/mol. The van der Waals surface area contributed by atoms with E-state index < -0.39 is 0 Å². The van der Waals surface area contributed by atoms with Crippen LogP contribution in [-0.4, -0.2) is 24.3 Å². The van der Waals surface area contributed by atoms with Crippen molar-refractivity contribution in [1.29, 1.82) is 0 Å². The number of hydrogen-bond acceptors (Lipinski definition) is 3. The van der Waals surface area contributed by atoms with Crippen LogP contribution in [0.4, 0.5) is 5.69 Å². The van der Waals surface area contributed by atoms with Crippen molar-refractivity contribution in [3.8, 4) is 0 Å². The fourth-order valence-corrected chi connectivity index (χ4v) is 3.03. The molecule has 2 aromatic carbocycles. The maximum absolute atomic E-state index is 12.1. The highest BCUT2D eigenvalue weighted by Gasteiger charge is 2.21. The maximum atomic E-state index is 12.1. The third-order valence-electron chi connectivity index (χ3n) is 4.63. The molecule has 0 aliphatic carbocycles. The van der Waals surface area contributed by atoms with Crippen molar-refractivity contribution in [3.05, 3.63) is 65.2 Å². The number of nitrogens with zero attached hydrogens (tertiary/aromatic N) is 1. The SMILES string of the molecule is CCc1ccc(C(=O)NNC(=O)Cc2ccc(N3CCCC3=O)cc2)cc1. The van der Waals surface area contributed by atoms with Gasteiger partial charge in [-0.3, -0.25) is 25.2 Å². The van der Waals surface area contributed by atoms with E-state index in [0.717, 1.165) is 36.2 Å². The molecule has 0 saturated carbocycles. The van der Waals surface area contributed by atoms with Crippen molar-refractivity contribution in [2.45, 2.75) is 32.6 Å². The van der Waals surface area contributed by atoms with E-state index in [1.54, 1.807) is 17.0 Å². The lowest BCUT2D eigenvalue weighted by atomic mass is 10.1. The van der Waals surface area contributed by atoms with Gasteiger partial charge in [-0.25, -0.2) is 0 Å². The smallest absolute Gasteiger partial charge is 0.269 e. The summed E-state index contributed by atoms with van der Waals surface area (Å²) in [6.07, 6.45) is 2.52. The van der Waals surface area contributed by atoms with E-state index in [-0.39, 0.29) is 24.1 Å². The lowest BCUT2D eigenvalue weighted by Crippen LogP contribution is -2.42. The van der Waals surface area contributed by atoms with Gasteiger partial charge in [0.1, 0.15) is 0 Å². The fourth-order valence-electron chi connectivity index (χ4n) is 3.03. The molecule has 140 valence electrons. The molecule has 1 aliphatic rings. The minimum absolute atomic E-state index is 0.134. The average molecular weight is 365 g/mol. The molecular weight excluding hydrogens is 342 g/mol. The number of anilines is 1. The highest BCUT2D eigenvalue weighted by molar-refractivity contribution is 5.96. The number of amides is 3. The number of rotatable bonds is 5. The number of carbonyl (C=O) groups excluding carboxylic acids is 3. The highest BCUT2D eigenvalue weighted by Crippen LogP contribution is 2.21. The second-order valence-electron chi connectivity index (χ2n) is 6.54. The van der Waals surface area contributed by atoms with Crippen molar-refractivity contribution >= 4 is 23.4 Å². The van der Waals surface area contributed by atoms with Crippen LogP contribution in [0.3, 0.4) is 0 Å². The third-order valence-corrected chi connectivity index (χ3v) is 4.63. The number of aryl methyl sites for hydroxylation is 1. The zero-order valence-electron chi connectivity index (χ0n) is 15.3. The first-order valence-corrected chi connectivity index (χ1v) is 9.14. The Morgan fingerprint density at radius 2 is 1.63 bits per heavy atom. The lowest BCUT2D eigenvalue weighted by molar-refractivity contribution is -0.121. The number of nitrogens with one attached hydrogen (secondary N) is 2. The first kappa shape index (κ1) is 18.6. The van der Waals surface area contributed by atoms with Gasteiger partial charge in [0.25, 0.3) is 5.91 Å². The average Bonchev–Trinajstić information content (AvgIpc) is 3.12. The van der Waals surface area contributed by atoms with E-state index in [1.807, 2.05) is 43.3 Å². The Labute approximate surface area is 158 Å². The predicted octanol–water partition coefficient (Wildman–Crippen LogP) is 2.38. The number of hydrogen-bond donors (Lipinski definition) is 2. The Morgan fingerprint density at radius 1 is 0.963 bits per heavy atom. The molecule has 1 aliphatic heterocycles. The van der Waals surface area contributed by atoms with Gasteiger partial charge in [0.2, 0.25) is 11.8 Å². The third kappa shape index (κ3) is 4.73. The Morgan fingerprint density at radius 3 is 2.22 bits per heavy atom. The summed E-state index contributed by atoms with van der Waals surface area (Å²) in [5.74, 6) is -0.525. The molecule has 0 bridgehead atoms. The van der Waals surface area contributed by atoms with Crippen LogP contribution in [-0.2, 0) is 22.4 Å². The number of carbonyl (C=O) groups is 3. The summed E-state index contributed by atoms with van der Waals surface area (Å²) >= 11 is 0. The van der Waals surface area contributed by atoms with Gasteiger partial charge in [0.15, 0.2) is 0 Å². The summed E-state index contributed by atoms with van der Waals surface area (Å²) in [5.41, 5.74) is 8.16. The first-order valence-electron chi connectivity index (χ1n) is 9.14. The quantitative estimate of drug-likeness (QED) is 0.799. The van der Waals surface area contributed by atoms with Crippen molar-refractivity contribution in [2.24, 2.45) is 0 Å². The molecule has 0 unspecified atom stereocenters. The van der Waals surface area contributed by atoms with E-state index >= 15 is 0 Å². The summed E-state index contributed by atoms with van der Waals surface area (Å²) in [4.78, 5) is 37.6. The van der Waals surface area contributed by atoms with E-state index in [1.165, 1.54) is 0 Å². The molecule has 6 nitrogen and oxygen atoms in total. The molecule has 0 spiro atoms. The van der Waals surface area contributed by atoms with Crippen LogP contribution in [0.5, 0.6) is 0 Å². The minimum Gasteiger partial charge on any atom is -0.312 e. The lowest BCUT2D eigenvalue weighted by Gasteiger charge is -2.16. The molecule has 27 heavy (non-hydrogen) atoms. The van der Waals surface area contributed by atoms with Crippen molar-refractivity contribution in [1.82, 2.24) is 10.9 Å². The molecular formula is C21H23N3O3. The molecule has 3 amide bonds. The molecule has 3 rings (SSSR count). The minimum atomic E-state index is -0.353. The van der Waals surface area contributed by atoms with E-state index in [9.17, 15) is 14.4 Å². The van der Waals surface area contributed by atoms with E-state index in [4.69, 9.17) is 0 Å². The van der Waals surface area contributed by atoms with Crippen LogP contribution < -0.4 is 15.8 Å². The Hall–Kier alpha value is -3.15. The van der Waals surface area contributed by atoms with Crippen LogP contribution in [0.15, 0.2) is 48.5 Å². The maximum Gasteiger partial charge on any atom is 0.269 e. The molecule has 1 fully saturated rings. The van der Waals surface area contributed by atoms with Gasteiger partial charge >= 0.3 is 0 Å². The van der Waals surface area contributed by atoms with Gasteiger partial charge in [0, 0.05) is 24.2 Å². The standard InChI is InChI=1S/C21H23N3O3/c1-2-15-5-9-17(10-6-15)21(27)23-22-19(25)14-16-7-11-18(12-8-16)24-13-3-4-20(24)26/h5-12H,2-4,13-14H2,1H3,(H,22,25)(H,23,27). The molecule has 0 atom stereocenters. The van der Waals surface area contributed by atoms with Crippen LogP contribution >= 0.6 is 0 Å². The van der Waals surface area contributed by atoms with Crippen LogP contribution in [0.1, 0.15) is 41.3 Å². The second kappa shape index (κ2) is 8.49. The summed E-state index contributed by atoms with van der Waals surface area (Å²) in [6, 6.07) is 14.6. The van der Waals surface area contributed by atoms with Gasteiger partial charge in [-0.2, -0.15) is 0 Å². The first-order chi connectivity index (χ1) is 13.1.